The first-order valence-electron chi connectivity index (χ1n) is 24.6. The predicted molar refractivity (Wildman–Crippen MR) is 305 cm³/mol. The van der Waals surface area contributed by atoms with Crippen molar-refractivity contribution < 1.29 is 0 Å². The number of para-hydroxylation sites is 3. The molecule has 0 bridgehead atoms. The lowest BCUT2D eigenvalue weighted by atomic mass is 9.96. The summed E-state index contributed by atoms with van der Waals surface area (Å²) in [6.45, 7) is 15.7. The molecule has 8 nitrogen and oxygen atoms in total. The molecule has 76 heavy (non-hydrogen) atoms. The summed E-state index contributed by atoms with van der Waals surface area (Å²) < 4.78 is 4.68. The van der Waals surface area contributed by atoms with Crippen LogP contribution in [0.2, 0.25) is 0 Å². The van der Waals surface area contributed by atoms with Crippen LogP contribution in [0.15, 0.2) is 231 Å². The zero-order chi connectivity index (χ0) is 51.3. The molecule has 0 amide bonds. The van der Waals surface area contributed by atoms with Gasteiger partial charge in [-0.1, -0.05) is 164 Å². The van der Waals surface area contributed by atoms with Gasteiger partial charge in [-0.3, -0.25) is 0 Å². The number of benzene rings is 10. The fourth-order valence-electron chi connectivity index (χ4n) is 10.8. The monoisotopic (exact) mass is 966 g/mol. The molecule has 0 radical (unpaired) electrons. The molecule has 0 saturated carbocycles. The van der Waals surface area contributed by atoms with E-state index in [0.717, 1.165) is 116 Å². The van der Waals surface area contributed by atoms with Gasteiger partial charge in [0.25, 0.3) is 0 Å². The van der Waals surface area contributed by atoms with Crippen molar-refractivity contribution in [3.05, 3.63) is 264 Å². The van der Waals surface area contributed by atoms with Crippen molar-refractivity contribution in [2.45, 2.75) is 0 Å². The first kappa shape index (κ1) is 44.8. The van der Waals surface area contributed by atoms with Crippen molar-refractivity contribution >= 4 is 55.0 Å². The molecule has 0 saturated heterocycles. The number of nitrogens with zero attached hydrogens (tertiary/aromatic N) is 8. The normalized spacial score (nSPS) is 11.1. The Morgan fingerprint density at radius 2 is 0.908 bits per heavy atom. The number of hydrogen-bond donors (Lipinski definition) is 0. The molecule has 3 aromatic heterocycles. The van der Waals surface area contributed by atoms with E-state index in [9.17, 15) is 10.5 Å². The van der Waals surface area contributed by atoms with Gasteiger partial charge in [-0.15, -0.1) is 0 Å². The van der Waals surface area contributed by atoms with Crippen molar-refractivity contribution in [1.29, 1.82) is 10.5 Å². The second kappa shape index (κ2) is 18.5. The summed E-state index contributed by atoms with van der Waals surface area (Å²) in [6, 6.07) is 82.2. The number of hydrogen-bond acceptors (Lipinski definition) is 4. The number of nitriles is 2. The molecule has 13 rings (SSSR count). The lowest BCUT2D eigenvalue weighted by molar-refractivity contribution is 1.15. The Morgan fingerprint density at radius 1 is 0.368 bits per heavy atom. The number of aromatic nitrogens is 4. The van der Waals surface area contributed by atoms with E-state index in [1.807, 2.05) is 60.7 Å². The highest BCUT2D eigenvalue weighted by Gasteiger charge is 2.23. The Hall–Kier alpha value is -11.2. The van der Waals surface area contributed by atoms with Crippen LogP contribution in [0, 0.1) is 35.8 Å². The highest BCUT2D eigenvalue weighted by molar-refractivity contribution is 6.13. The first-order chi connectivity index (χ1) is 37.5. The summed E-state index contributed by atoms with van der Waals surface area (Å²) >= 11 is 0. The lowest BCUT2D eigenvalue weighted by Gasteiger charge is -2.20. The molecule has 0 aliphatic rings. The third-order valence-electron chi connectivity index (χ3n) is 14.3. The number of fused-ring (bicyclic) bond motifs is 6. The average Bonchev–Trinajstić information content (AvgIpc) is 4.02. The van der Waals surface area contributed by atoms with E-state index in [0.29, 0.717) is 28.3 Å². The zero-order valence-corrected chi connectivity index (χ0v) is 40.5. The van der Waals surface area contributed by atoms with E-state index in [-0.39, 0.29) is 0 Å². The van der Waals surface area contributed by atoms with Gasteiger partial charge in [-0.25, -0.2) is 19.7 Å². The third kappa shape index (κ3) is 7.51. The van der Waals surface area contributed by atoms with Gasteiger partial charge in [0, 0.05) is 49.4 Å². The van der Waals surface area contributed by atoms with Crippen LogP contribution in [0.4, 0.5) is 11.4 Å². The van der Waals surface area contributed by atoms with Gasteiger partial charge in [0.15, 0.2) is 17.2 Å². The van der Waals surface area contributed by atoms with Gasteiger partial charge in [0.2, 0.25) is 0 Å². The van der Waals surface area contributed by atoms with Crippen LogP contribution in [-0.2, 0) is 0 Å². The van der Waals surface area contributed by atoms with E-state index in [4.69, 9.17) is 23.1 Å². The van der Waals surface area contributed by atoms with Crippen LogP contribution in [0.25, 0.3) is 132 Å². The van der Waals surface area contributed by atoms with E-state index in [1.165, 1.54) is 0 Å². The molecule has 0 aliphatic carbocycles. The van der Waals surface area contributed by atoms with Crippen molar-refractivity contribution in [1.82, 2.24) is 19.1 Å². The van der Waals surface area contributed by atoms with Gasteiger partial charge < -0.3 is 9.13 Å². The fraction of sp³-hybridized carbons (Fsp3) is 0. The van der Waals surface area contributed by atoms with Crippen molar-refractivity contribution in [2.24, 2.45) is 0 Å². The third-order valence-corrected chi connectivity index (χ3v) is 14.3. The Balaban J connectivity index is 1.07. The zero-order valence-electron chi connectivity index (χ0n) is 40.5. The second-order valence-corrected chi connectivity index (χ2v) is 18.5. The summed E-state index contributed by atoms with van der Waals surface area (Å²) in [5.41, 5.74) is 17.3. The van der Waals surface area contributed by atoms with Crippen LogP contribution < -0.4 is 0 Å². The molecular formula is C68H38N8. The van der Waals surface area contributed by atoms with Crippen molar-refractivity contribution in [2.75, 3.05) is 0 Å². The fourth-order valence-corrected chi connectivity index (χ4v) is 10.8. The molecular weight excluding hydrogens is 929 g/mol. The predicted octanol–water partition coefficient (Wildman–Crippen LogP) is 17.5. The van der Waals surface area contributed by atoms with E-state index < -0.39 is 0 Å². The average molecular weight is 967 g/mol. The summed E-state index contributed by atoms with van der Waals surface area (Å²) in [5.74, 6) is 0.623. The lowest BCUT2D eigenvalue weighted by Crippen LogP contribution is -2.02. The van der Waals surface area contributed by atoms with Gasteiger partial charge in [0.1, 0.15) is 0 Å². The molecule has 3 heterocycles. The van der Waals surface area contributed by atoms with Gasteiger partial charge in [-0.05, 0) is 89.0 Å². The molecule has 0 aliphatic heterocycles. The Labute approximate surface area is 437 Å². The molecule has 350 valence electrons. The largest absolute Gasteiger partial charge is 0.309 e. The van der Waals surface area contributed by atoms with Gasteiger partial charge in [-0.2, -0.15) is 10.5 Å². The van der Waals surface area contributed by atoms with Gasteiger partial charge >= 0.3 is 0 Å². The molecule has 0 unspecified atom stereocenters. The standard InChI is InChI=1S/C68H38N8/c1-71-50-29-32-52(61(39-50)72-2)47-28-34-66-58(37-47)55-21-11-14-24-64(55)76(66)67-38-48(60-40-59(44-15-5-3-6-16-44)73-68(74-60)45-17-7-4-8-18-45)26-31-56(67)53-19-9-12-22-62(53)75-63-23-13-10-20-54(63)57-36-46(27-33-65(57)75)51-30-25-43(41-69)35-49(51)42-70/h3-40H. The SMILES string of the molecule is [C-]#[N+]c1ccc(-c2ccc3c(c2)c2ccccc2n3-c2cc(-c3cc(-c4ccccc4)nc(-c4ccccc4)n3)ccc2-c2ccccc2-n2c3ccccc3c3cc(-c4ccc(C#N)cc4C#N)ccc32)c([N+]#[C-])c1. The molecule has 8 heteroatoms. The second-order valence-electron chi connectivity index (χ2n) is 18.5. The minimum absolute atomic E-state index is 0.429. The van der Waals surface area contributed by atoms with Crippen molar-refractivity contribution in [3.8, 4) is 90.8 Å². The minimum atomic E-state index is 0.429. The Morgan fingerprint density at radius 3 is 1.57 bits per heavy atom. The molecule has 0 spiro atoms. The maximum absolute atomic E-state index is 10.2. The Kier molecular flexibility index (Phi) is 10.9. The molecule has 0 fully saturated rings. The Bertz CT molecular complexity index is 4630. The molecule has 13 aromatic rings. The summed E-state index contributed by atoms with van der Waals surface area (Å²) in [5, 5.41) is 24.0. The highest BCUT2D eigenvalue weighted by Crippen LogP contribution is 2.45. The molecule has 0 atom stereocenters. The van der Waals surface area contributed by atoms with E-state index >= 15 is 0 Å². The summed E-state index contributed by atoms with van der Waals surface area (Å²) in [4.78, 5) is 17.9. The van der Waals surface area contributed by atoms with Gasteiger partial charge in [0.05, 0.1) is 81.2 Å². The molecule has 10 aromatic carbocycles. The van der Waals surface area contributed by atoms with Crippen LogP contribution >= 0.6 is 0 Å². The van der Waals surface area contributed by atoms with Crippen LogP contribution in [-0.4, -0.2) is 19.1 Å². The van der Waals surface area contributed by atoms with Crippen LogP contribution in [0.1, 0.15) is 11.1 Å². The molecule has 0 N–H and O–H groups in total. The van der Waals surface area contributed by atoms with E-state index in [2.05, 4.69) is 177 Å². The quantitative estimate of drug-likeness (QED) is 0.142. The maximum Gasteiger partial charge on any atom is 0.184 e. The minimum Gasteiger partial charge on any atom is -0.309 e. The smallest absolute Gasteiger partial charge is 0.184 e. The number of rotatable bonds is 8. The topological polar surface area (TPSA) is 91.9 Å². The summed E-state index contributed by atoms with van der Waals surface area (Å²) in [7, 11) is 0. The van der Waals surface area contributed by atoms with E-state index in [1.54, 1.807) is 24.3 Å². The summed E-state index contributed by atoms with van der Waals surface area (Å²) in [6.07, 6.45) is 0. The first-order valence-corrected chi connectivity index (χ1v) is 24.6. The maximum atomic E-state index is 10.2. The van der Waals surface area contributed by atoms with Crippen molar-refractivity contribution in [3.63, 3.8) is 0 Å². The highest BCUT2D eigenvalue weighted by atomic mass is 15.0. The van der Waals surface area contributed by atoms with Crippen LogP contribution in [0.3, 0.4) is 0 Å². The van der Waals surface area contributed by atoms with Crippen LogP contribution in [0.5, 0.6) is 0 Å².